The Balaban J connectivity index is 2.09. The Hall–Kier alpha value is -1.98. The van der Waals surface area contributed by atoms with Gasteiger partial charge in [-0.15, -0.1) is 11.8 Å². The van der Waals surface area contributed by atoms with E-state index in [0.717, 1.165) is 4.90 Å². The maximum atomic E-state index is 12.8. The van der Waals surface area contributed by atoms with Crippen LogP contribution < -0.4 is 10.6 Å². The second-order valence-corrected chi connectivity index (χ2v) is 8.32. The molecule has 1 unspecified atom stereocenters. The van der Waals surface area contributed by atoms with Crippen LogP contribution in [0.1, 0.15) is 37.6 Å². The molecule has 0 bridgehead atoms. The largest absolute Gasteiger partial charge is 0.352 e. The van der Waals surface area contributed by atoms with Crippen LogP contribution in [0.2, 0.25) is 5.02 Å². The first-order valence-corrected chi connectivity index (χ1v) is 10.3. The predicted octanol–water partition coefficient (Wildman–Crippen LogP) is 5.24. The van der Waals surface area contributed by atoms with Crippen molar-refractivity contribution >= 4 is 40.9 Å². The molecule has 2 amide bonds. The molecule has 0 saturated carbocycles. The van der Waals surface area contributed by atoms with E-state index in [0.29, 0.717) is 35.2 Å². The maximum Gasteiger partial charge on any atom is 0.253 e. The lowest BCUT2D eigenvalue weighted by atomic mass is 10.1. The summed E-state index contributed by atoms with van der Waals surface area (Å²) in [4.78, 5) is 26.2. The van der Waals surface area contributed by atoms with Crippen LogP contribution in [0.25, 0.3) is 0 Å². The molecule has 2 aromatic rings. The van der Waals surface area contributed by atoms with Gasteiger partial charge in [0.1, 0.15) is 0 Å². The molecule has 4 nitrogen and oxygen atoms in total. The lowest BCUT2D eigenvalue weighted by Gasteiger charge is -2.17. The van der Waals surface area contributed by atoms with Crippen LogP contribution in [0.5, 0.6) is 0 Å². The highest BCUT2D eigenvalue weighted by Gasteiger charge is 2.20. The molecule has 0 aromatic heterocycles. The molecule has 0 saturated heterocycles. The molecule has 0 heterocycles. The number of benzene rings is 2. The van der Waals surface area contributed by atoms with Gasteiger partial charge in [-0.25, -0.2) is 0 Å². The lowest BCUT2D eigenvalue weighted by Crippen LogP contribution is -2.30. The summed E-state index contributed by atoms with van der Waals surface area (Å²) in [5.74, 6) is 0.0514. The summed E-state index contributed by atoms with van der Waals surface area (Å²) in [6, 6.07) is 14.5. The normalized spacial score (nSPS) is 11.9. The number of rotatable bonds is 8. The van der Waals surface area contributed by atoms with Crippen molar-refractivity contribution in [1.82, 2.24) is 5.32 Å². The van der Waals surface area contributed by atoms with E-state index >= 15 is 0 Å². The smallest absolute Gasteiger partial charge is 0.253 e. The highest BCUT2D eigenvalue weighted by molar-refractivity contribution is 8.00. The molecule has 2 aromatic carbocycles. The summed E-state index contributed by atoms with van der Waals surface area (Å²) in [5, 5.41) is 6.21. The van der Waals surface area contributed by atoms with E-state index in [-0.39, 0.29) is 17.1 Å². The fourth-order valence-corrected chi connectivity index (χ4v) is 3.48. The summed E-state index contributed by atoms with van der Waals surface area (Å²) >= 11 is 7.40. The van der Waals surface area contributed by atoms with E-state index < -0.39 is 0 Å². The number of para-hydroxylation sites is 1. The first kappa shape index (κ1) is 21.3. The molecule has 0 aliphatic heterocycles. The topological polar surface area (TPSA) is 58.2 Å². The Morgan fingerprint density at radius 2 is 1.74 bits per heavy atom. The monoisotopic (exact) mass is 404 g/mol. The van der Waals surface area contributed by atoms with Crippen molar-refractivity contribution in [2.75, 3.05) is 11.9 Å². The van der Waals surface area contributed by atoms with Gasteiger partial charge in [-0.05, 0) is 48.7 Å². The Morgan fingerprint density at radius 1 is 1.07 bits per heavy atom. The van der Waals surface area contributed by atoms with Crippen molar-refractivity contribution in [2.45, 2.75) is 37.3 Å². The van der Waals surface area contributed by atoms with Gasteiger partial charge in [-0.3, -0.25) is 9.59 Å². The fraction of sp³-hybridized carbons (Fsp3) is 0.333. The van der Waals surface area contributed by atoms with E-state index in [9.17, 15) is 9.59 Å². The van der Waals surface area contributed by atoms with Crippen LogP contribution in [0.3, 0.4) is 0 Å². The summed E-state index contributed by atoms with van der Waals surface area (Å²) in [6.07, 6.45) is 0.667. The molecule has 0 aliphatic carbocycles. The average Bonchev–Trinajstić information content (AvgIpc) is 2.66. The van der Waals surface area contributed by atoms with Gasteiger partial charge >= 0.3 is 0 Å². The second kappa shape index (κ2) is 10.4. The summed E-state index contributed by atoms with van der Waals surface area (Å²) in [7, 11) is 0. The first-order valence-electron chi connectivity index (χ1n) is 9.01. The Labute approximate surface area is 170 Å². The number of hydrogen-bond acceptors (Lipinski definition) is 3. The molecule has 0 aliphatic rings. The van der Waals surface area contributed by atoms with Gasteiger partial charge in [0, 0.05) is 16.5 Å². The molecular weight excluding hydrogens is 380 g/mol. The quantitative estimate of drug-likeness (QED) is 0.592. The Morgan fingerprint density at radius 3 is 2.37 bits per heavy atom. The van der Waals surface area contributed by atoms with Gasteiger partial charge in [0.05, 0.1) is 16.5 Å². The van der Waals surface area contributed by atoms with Gasteiger partial charge in [-0.1, -0.05) is 44.5 Å². The zero-order valence-corrected chi connectivity index (χ0v) is 17.4. The molecule has 144 valence electrons. The third-order valence-electron chi connectivity index (χ3n) is 3.86. The molecular formula is C21H25ClN2O2S. The summed E-state index contributed by atoms with van der Waals surface area (Å²) in [6.45, 7) is 6.63. The minimum atomic E-state index is -0.266. The van der Waals surface area contributed by atoms with Gasteiger partial charge in [0.25, 0.3) is 5.91 Å². The molecule has 2 N–H and O–H groups in total. The van der Waals surface area contributed by atoms with Crippen LogP contribution in [0.4, 0.5) is 5.69 Å². The minimum Gasteiger partial charge on any atom is -0.352 e. The number of carbonyl (C=O) groups is 2. The number of thioether (sulfide) groups is 1. The SMILES string of the molecule is CCC(Sc1ccc(Cl)cc1)C(=O)Nc1ccccc1C(=O)NCC(C)C. The van der Waals surface area contributed by atoms with Crippen molar-refractivity contribution in [3.05, 3.63) is 59.1 Å². The first-order chi connectivity index (χ1) is 12.9. The van der Waals surface area contributed by atoms with Gasteiger partial charge in [-0.2, -0.15) is 0 Å². The molecule has 0 radical (unpaired) electrons. The van der Waals surface area contributed by atoms with Crippen molar-refractivity contribution in [3.63, 3.8) is 0 Å². The molecule has 6 heteroatoms. The molecule has 1 atom stereocenters. The van der Waals surface area contributed by atoms with Crippen molar-refractivity contribution in [1.29, 1.82) is 0 Å². The summed E-state index contributed by atoms with van der Waals surface area (Å²) < 4.78 is 0. The zero-order chi connectivity index (χ0) is 19.8. The van der Waals surface area contributed by atoms with E-state index in [1.54, 1.807) is 18.2 Å². The van der Waals surface area contributed by atoms with E-state index in [1.165, 1.54) is 11.8 Å². The van der Waals surface area contributed by atoms with E-state index in [4.69, 9.17) is 11.6 Å². The fourth-order valence-electron chi connectivity index (χ4n) is 2.40. The zero-order valence-electron chi connectivity index (χ0n) is 15.8. The number of carbonyl (C=O) groups excluding carboxylic acids is 2. The highest BCUT2D eigenvalue weighted by atomic mass is 35.5. The molecule has 27 heavy (non-hydrogen) atoms. The predicted molar refractivity (Wildman–Crippen MR) is 114 cm³/mol. The van der Waals surface area contributed by atoms with Crippen LogP contribution >= 0.6 is 23.4 Å². The standard InChI is InChI=1S/C21H25ClN2O2S/c1-4-19(27-16-11-9-15(22)10-12-16)21(26)24-18-8-6-5-7-17(18)20(25)23-13-14(2)3/h5-12,14,19H,4,13H2,1-3H3,(H,23,25)(H,24,26). The number of halogens is 1. The van der Waals surface area contributed by atoms with Crippen LogP contribution in [0.15, 0.2) is 53.4 Å². The Kier molecular flexibility index (Phi) is 8.20. The second-order valence-electron chi connectivity index (χ2n) is 6.61. The third kappa shape index (κ3) is 6.60. The van der Waals surface area contributed by atoms with Crippen LogP contribution in [-0.2, 0) is 4.79 Å². The third-order valence-corrected chi connectivity index (χ3v) is 5.48. The van der Waals surface area contributed by atoms with Crippen LogP contribution in [0, 0.1) is 5.92 Å². The van der Waals surface area contributed by atoms with Crippen molar-refractivity contribution in [2.24, 2.45) is 5.92 Å². The highest BCUT2D eigenvalue weighted by Crippen LogP contribution is 2.28. The van der Waals surface area contributed by atoms with Gasteiger partial charge < -0.3 is 10.6 Å². The van der Waals surface area contributed by atoms with Crippen LogP contribution in [-0.4, -0.2) is 23.6 Å². The molecule has 0 spiro atoms. The maximum absolute atomic E-state index is 12.8. The van der Waals surface area contributed by atoms with Gasteiger partial charge in [0.2, 0.25) is 5.91 Å². The van der Waals surface area contributed by atoms with E-state index in [1.807, 2.05) is 51.1 Å². The minimum absolute atomic E-state index is 0.124. The number of nitrogens with one attached hydrogen (secondary N) is 2. The molecule has 0 fully saturated rings. The summed E-state index contributed by atoms with van der Waals surface area (Å²) in [5.41, 5.74) is 0.997. The lowest BCUT2D eigenvalue weighted by molar-refractivity contribution is -0.115. The van der Waals surface area contributed by atoms with Gasteiger partial charge in [0.15, 0.2) is 0 Å². The van der Waals surface area contributed by atoms with E-state index in [2.05, 4.69) is 10.6 Å². The number of hydrogen-bond donors (Lipinski definition) is 2. The van der Waals surface area contributed by atoms with Crippen molar-refractivity contribution in [3.8, 4) is 0 Å². The Bertz CT molecular complexity index is 778. The van der Waals surface area contributed by atoms with Crippen molar-refractivity contribution < 1.29 is 9.59 Å². The molecule has 2 rings (SSSR count). The average molecular weight is 405 g/mol. The number of anilines is 1. The number of amides is 2.